The summed E-state index contributed by atoms with van der Waals surface area (Å²) < 4.78 is 36.7. The van der Waals surface area contributed by atoms with Crippen molar-refractivity contribution in [2.45, 2.75) is 6.18 Å². The standard InChI is InChI=1S/C8H7F3N2O2/c1-13-4-5(3-12-13)6(14)2-7(15)8(9,10)11/h2-4,14H,1H3. The zero-order chi connectivity index (χ0) is 11.6. The molecule has 0 saturated heterocycles. The van der Waals surface area contributed by atoms with Crippen LogP contribution in [0.25, 0.3) is 5.76 Å². The van der Waals surface area contributed by atoms with Gasteiger partial charge >= 0.3 is 6.18 Å². The highest BCUT2D eigenvalue weighted by atomic mass is 19.4. The van der Waals surface area contributed by atoms with Gasteiger partial charge in [-0.2, -0.15) is 18.3 Å². The SMILES string of the molecule is Cn1cc(C(O)=CC(=O)C(F)(F)F)cn1. The number of carbonyl (C=O) groups excluding carboxylic acids is 1. The Morgan fingerprint density at radius 1 is 1.60 bits per heavy atom. The molecule has 1 aromatic rings. The minimum atomic E-state index is -4.98. The van der Waals surface area contributed by atoms with Gasteiger partial charge in [-0.25, -0.2) is 0 Å². The van der Waals surface area contributed by atoms with E-state index in [1.807, 2.05) is 0 Å². The molecule has 0 radical (unpaired) electrons. The van der Waals surface area contributed by atoms with E-state index in [9.17, 15) is 18.0 Å². The molecule has 0 fully saturated rings. The van der Waals surface area contributed by atoms with Crippen molar-refractivity contribution in [3.8, 4) is 0 Å². The first-order valence-corrected chi connectivity index (χ1v) is 3.81. The van der Waals surface area contributed by atoms with Gasteiger partial charge in [0.15, 0.2) is 0 Å². The van der Waals surface area contributed by atoms with E-state index >= 15 is 0 Å². The third-order valence-electron chi connectivity index (χ3n) is 1.55. The Bertz CT molecular complexity index is 406. The Kier molecular flexibility index (Phi) is 2.83. The topological polar surface area (TPSA) is 55.1 Å². The van der Waals surface area contributed by atoms with Crippen LogP contribution < -0.4 is 0 Å². The fraction of sp³-hybridized carbons (Fsp3) is 0.250. The molecular weight excluding hydrogens is 213 g/mol. The van der Waals surface area contributed by atoms with Crippen LogP contribution in [0.3, 0.4) is 0 Å². The van der Waals surface area contributed by atoms with Gasteiger partial charge in [-0.1, -0.05) is 0 Å². The average Bonchev–Trinajstić information content (AvgIpc) is 2.50. The number of hydrogen-bond acceptors (Lipinski definition) is 3. The van der Waals surface area contributed by atoms with Crippen LogP contribution >= 0.6 is 0 Å². The molecule has 1 aromatic heterocycles. The molecule has 0 bridgehead atoms. The Morgan fingerprint density at radius 2 is 2.20 bits per heavy atom. The van der Waals surface area contributed by atoms with Gasteiger partial charge in [0, 0.05) is 19.3 Å². The predicted octanol–water partition coefficient (Wildman–Crippen LogP) is 1.45. The Hall–Kier alpha value is -1.79. The van der Waals surface area contributed by atoms with Gasteiger partial charge in [0.1, 0.15) is 5.76 Å². The first-order valence-electron chi connectivity index (χ1n) is 3.81. The van der Waals surface area contributed by atoms with Gasteiger partial charge in [0.2, 0.25) is 0 Å². The highest BCUT2D eigenvalue weighted by Gasteiger charge is 2.37. The number of carbonyl (C=O) groups is 1. The maximum absolute atomic E-state index is 11.8. The number of rotatable bonds is 2. The lowest BCUT2D eigenvalue weighted by molar-refractivity contribution is -0.165. The van der Waals surface area contributed by atoms with Crippen molar-refractivity contribution in [2.24, 2.45) is 7.05 Å². The quantitative estimate of drug-likeness (QED) is 0.606. The molecular formula is C8H7F3N2O2. The molecule has 1 heterocycles. The van der Waals surface area contributed by atoms with E-state index in [1.54, 1.807) is 0 Å². The van der Waals surface area contributed by atoms with Crippen molar-refractivity contribution in [3.63, 3.8) is 0 Å². The van der Waals surface area contributed by atoms with Crippen molar-refractivity contribution < 1.29 is 23.1 Å². The second kappa shape index (κ2) is 3.76. The number of aromatic nitrogens is 2. The van der Waals surface area contributed by atoms with Crippen molar-refractivity contribution in [1.82, 2.24) is 9.78 Å². The molecule has 0 spiro atoms. The van der Waals surface area contributed by atoms with E-state index in [0.29, 0.717) is 0 Å². The van der Waals surface area contributed by atoms with Crippen LogP contribution in [0, 0.1) is 0 Å². The number of aliphatic hydroxyl groups is 1. The molecule has 0 aliphatic heterocycles. The summed E-state index contributed by atoms with van der Waals surface area (Å²) in [5.41, 5.74) is 0.0510. The Balaban J connectivity index is 2.90. The number of allylic oxidation sites excluding steroid dienone is 1. The minimum absolute atomic E-state index is 0.0510. The van der Waals surface area contributed by atoms with E-state index in [2.05, 4.69) is 5.10 Å². The van der Waals surface area contributed by atoms with Crippen molar-refractivity contribution in [2.75, 3.05) is 0 Å². The number of aryl methyl sites for hydroxylation is 1. The maximum Gasteiger partial charge on any atom is 0.454 e. The lowest BCUT2D eigenvalue weighted by Crippen LogP contribution is -2.20. The number of nitrogens with zero attached hydrogens (tertiary/aromatic N) is 2. The van der Waals surface area contributed by atoms with Crippen LogP contribution in [-0.2, 0) is 11.8 Å². The summed E-state index contributed by atoms with van der Waals surface area (Å²) in [6.45, 7) is 0. The second-order valence-corrected chi connectivity index (χ2v) is 2.79. The van der Waals surface area contributed by atoms with Crippen molar-refractivity contribution >= 4 is 11.5 Å². The monoisotopic (exact) mass is 220 g/mol. The van der Waals surface area contributed by atoms with E-state index in [0.717, 1.165) is 6.20 Å². The first-order chi connectivity index (χ1) is 6.80. The number of hydrogen-bond donors (Lipinski definition) is 1. The van der Waals surface area contributed by atoms with Crippen LogP contribution in [0.4, 0.5) is 13.2 Å². The molecule has 82 valence electrons. The average molecular weight is 220 g/mol. The minimum Gasteiger partial charge on any atom is -0.507 e. The zero-order valence-electron chi connectivity index (χ0n) is 7.62. The summed E-state index contributed by atoms with van der Waals surface area (Å²) >= 11 is 0. The highest BCUT2D eigenvalue weighted by molar-refractivity contribution is 5.99. The van der Waals surface area contributed by atoms with Gasteiger partial charge in [-0.05, 0) is 0 Å². The summed E-state index contributed by atoms with van der Waals surface area (Å²) in [6, 6.07) is 0. The molecule has 0 saturated carbocycles. The molecule has 1 N–H and O–H groups in total. The lowest BCUT2D eigenvalue weighted by atomic mass is 10.2. The molecule has 0 aliphatic rings. The normalized spacial score (nSPS) is 12.9. The molecule has 0 unspecified atom stereocenters. The number of halogens is 3. The molecule has 4 nitrogen and oxygen atoms in total. The Labute approximate surface area is 82.6 Å². The lowest BCUT2D eigenvalue weighted by Gasteiger charge is -2.00. The fourth-order valence-corrected chi connectivity index (χ4v) is 0.843. The summed E-state index contributed by atoms with van der Waals surface area (Å²) in [6.07, 6.45) is -2.42. The predicted molar refractivity (Wildman–Crippen MR) is 44.9 cm³/mol. The number of alkyl halides is 3. The Morgan fingerprint density at radius 3 is 2.60 bits per heavy atom. The molecule has 15 heavy (non-hydrogen) atoms. The fourth-order valence-electron chi connectivity index (χ4n) is 0.843. The highest BCUT2D eigenvalue weighted by Crippen LogP contribution is 2.19. The smallest absolute Gasteiger partial charge is 0.454 e. The summed E-state index contributed by atoms with van der Waals surface area (Å²) in [5, 5.41) is 12.8. The molecule has 0 atom stereocenters. The molecule has 7 heteroatoms. The van der Waals surface area contributed by atoms with Crippen LogP contribution in [0.2, 0.25) is 0 Å². The van der Waals surface area contributed by atoms with Crippen LogP contribution in [0.15, 0.2) is 18.5 Å². The number of ketones is 1. The van der Waals surface area contributed by atoms with Gasteiger partial charge in [0.05, 0.1) is 11.8 Å². The van der Waals surface area contributed by atoms with E-state index < -0.39 is 17.7 Å². The van der Waals surface area contributed by atoms with Crippen LogP contribution in [0.5, 0.6) is 0 Å². The summed E-state index contributed by atoms with van der Waals surface area (Å²) in [5.74, 6) is -2.87. The third-order valence-corrected chi connectivity index (χ3v) is 1.55. The summed E-state index contributed by atoms with van der Waals surface area (Å²) in [4.78, 5) is 10.5. The van der Waals surface area contributed by atoms with Gasteiger partial charge in [-0.3, -0.25) is 9.48 Å². The van der Waals surface area contributed by atoms with Gasteiger partial charge in [-0.15, -0.1) is 0 Å². The largest absolute Gasteiger partial charge is 0.507 e. The maximum atomic E-state index is 11.8. The van der Waals surface area contributed by atoms with Gasteiger partial charge in [0.25, 0.3) is 5.78 Å². The van der Waals surface area contributed by atoms with E-state index in [-0.39, 0.29) is 11.6 Å². The molecule has 0 aromatic carbocycles. The zero-order valence-corrected chi connectivity index (χ0v) is 7.62. The third kappa shape index (κ3) is 2.83. The second-order valence-electron chi connectivity index (χ2n) is 2.79. The first kappa shape index (κ1) is 11.3. The van der Waals surface area contributed by atoms with E-state index in [4.69, 9.17) is 5.11 Å². The molecule has 0 aliphatic carbocycles. The summed E-state index contributed by atoms with van der Waals surface area (Å²) in [7, 11) is 1.53. The molecule has 0 amide bonds. The number of aliphatic hydroxyl groups excluding tert-OH is 1. The van der Waals surface area contributed by atoms with Crippen molar-refractivity contribution in [3.05, 3.63) is 24.0 Å². The van der Waals surface area contributed by atoms with Crippen LogP contribution in [0.1, 0.15) is 5.56 Å². The molecule has 1 rings (SSSR count). The van der Waals surface area contributed by atoms with Crippen molar-refractivity contribution in [1.29, 1.82) is 0 Å². The van der Waals surface area contributed by atoms with Crippen LogP contribution in [-0.4, -0.2) is 26.8 Å². The van der Waals surface area contributed by atoms with E-state index in [1.165, 1.54) is 17.9 Å². The van der Waals surface area contributed by atoms with Gasteiger partial charge < -0.3 is 5.11 Å².